The van der Waals surface area contributed by atoms with Crippen LogP contribution < -0.4 is 0 Å². The fraction of sp³-hybridized carbons (Fsp3) is 0.385. The largest absolute Gasteiger partial charge is 0.0645 e. The minimum absolute atomic E-state index is 0.524. The lowest BCUT2D eigenvalue weighted by Crippen LogP contribution is -1.87. The van der Waals surface area contributed by atoms with E-state index in [0.717, 1.165) is 0 Å². The highest BCUT2D eigenvalue weighted by Gasteiger charge is 2.41. The normalized spacial score (nSPS) is 29.2. The Kier molecular flexibility index (Phi) is 1.99. The van der Waals surface area contributed by atoms with E-state index in [1.165, 1.54) is 18.4 Å². The predicted molar refractivity (Wildman–Crippen MR) is 57.4 cm³/mol. The van der Waals surface area contributed by atoms with Gasteiger partial charge in [0.15, 0.2) is 0 Å². The Hall–Kier alpha value is -1.04. The van der Waals surface area contributed by atoms with Crippen LogP contribution in [0.5, 0.6) is 0 Å². The van der Waals surface area contributed by atoms with Crippen LogP contribution in [0.1, 0.15) is 32.3 Å². The van der Waals surface area contributed by atoms with E-state index in [2.05, 4.69) is 50.3 Å². The van der Waals surface area contributed by atoms with E-state index in [1.807, 2.05) is 0 Å². The molecule has 0 amide bonds. The van der Waals surface area contributed by atoms with Crippen molar-refractivity contribution in [3.05, 3.63) is 41.5 Å². The minimum atomic E-state index is 0.524. The molecule has 1 aliphatic carbocycles. The molecule has 0 unspecified atom stereocenters. The summed E-state index contributed by atoms with van der Waals surface area (Å²) in [7, 11) is 0. The van der Waals surface area contributed by atoms with Gasteiger partial charge in [0, 0.05) is 0 Å². The monoisotopic (exact) mass is 172 g/mol. The molecule has 1 saturated carbocycles. The number of hydrogen-bond acceptors (Lipinski definition) is 0. The summed E-state index contributed by atoms with van der Waals surface area (Å²) in [5.41, 5.74) is 3.48. The summed E-state index contributed by atoms with van der Waals surface area (Å²) in [6, 6.07) is 10.6. The first-order valence-electron chi connectivity index (χ1n) is 5.01. The highest BCUT2D eigenvalue weighted by atomic mass is 14.5. The Morgan fingerprint density at radius 1 is 1.31 bits per heavy atom. The predicted octanol–water partition coefficient (Wildman–Crippen LogP) is 3.89. The van der Waals surface area contributed by atoms with Crippen molar-refractivity contribution in [1.29, 1.82) is 0 Å². The van der Waals surface area contributed by atoms with Crippen molar-refractivity contribution >= 4 is 6.08 Å². The molecule has 1 aromatic rings. The highest BCUT2D eigenvalue weighted by Crippen LogP contribution is 2.54. The number of hydrogen-bond donors (Lipinski definition) is 0. The Labute approximate surface area is 80.3 Å². The van der Waals surface area contributed by atoms with Gasteiger partial charge < -0.3 is 0 Å². The molecule has 0 bridgehead atoms. The van der Waals surface area contributed by atoms with Gasteiger partial charge in [-0.05, 0) is 23.8 Å². The molecule has 2 rings (SSSR count). The Morgan fingerprint density at radius 2 is 2.00 bits per heavy atom. The minimum Gasteiger partial charge on any atom is -0.0645 e. The first kappa shape index (κ1) is 8.55. The Balaban J connectivity index is 2.16. The molecular formula is C13H16. The number of rotatable bonds is 2. The summed E-state index contributed by atoms with van der Waals surface area (Å²) in [5, 5.41) is 0. The van der Waals surface area contributed by atoms with Gasteiger partial charge >= 0.3 is 0 Å². The third-order valence-electron chi connectivity index (χ3n) is 3.15. The third-order valence-corrected chi connectivity index (χ3v) is 3.15. The van der Waals surface area contributed by atoms with E-state index in [4.69, 9.17) is 0 Å². The molecule has 0 saturated heterocycles. The zero-order valence-corrected chi connectivity index (χ0v) is 8.38. The van der Waals surface area contributed by atoms with E-state index in [-0.39, 0.29) is 0 Å². The van der Waals surface area contributed by atoms with Crippen LogP contribution in [0.2, 0.25) is 0 Å². The second-order valence-corrected chi connectivity index (χ2v) is 4.17. The number of benzene rings is 1. The van der Waals surface area contributed by atoms with Crippen LogP contribution in [0.25, 0.3) is 6.08 Å². The van der Waals surface area contributed by atoms with Gasteiger partial charge in [0.2, 0.25) is 0 Å². The van der Waals surface area contributed by atoms with Gasteiger partial charge in [0.1, 0.15) is 0 Å². The van der Waals surface area contributed by atoms with Crippen LogP contribution >= 0.6 is 0 Å². The van der Waals surface area contributed by atoms with Crippen LogP contribution in [-0.2, 0) is 0 Å². The van der Waals surface area contributed by atoms with Crippen molar-refractivity contribution in [2.75, 3.05) is 0 Å². The van der Waals surface area contributed by atoms with Crippen LogP contribution in [0.15, 0.2) is 35.9 Å². The summed E-state index contributed by atoms with van der Waals surface area (Å²) in [6.07, 6.45) is 4.90. The first-order chi connectivity index (χ1) is 6.24. The van der Waals surface area contributed by atoms with Crippen LogP contribution in [-0.4, -0.2) is 0 Å². The maximum absolute atomic E-state index is 2.35. The van der Waals surface area contributed by atoms with Crippen molar-refractivity contribution in [2.24, 2.45) is 5.41 Å². The average molecular weight is 172 g/mol. The molecule has 13 heavy (non-hydrogen) atoms. The fourth-order valence-corrected chi connectivity index (χ4v) is 1.70. The second-order valence-electron chi connectivity index (χ2n) is 4.17. The van der Waals surface area contributed by atoms with Crippen LogP contribution in [0.4, 0.5) is 0 Å². The molecule has 0 aromatic heterocycles. The SMILES string of the molecule is CC[C@]1(C)C/C1=C/c1ccccc1. The summed E-state index contributed by atoms with van der Waals surface area (Å²) in [6.45, 7) is 4.62. The lowest BCUT2D eigenvalue weighted by molar-refractivity contribution is 0.580. The number of allylic oxidation sites excluding steroid dienone is 1. The maximum Gasteiger partial charge on any atom is -0.00779 e. The molecule has 0 spiro atoms. The third kappa shape index (κ3) is 1.67. The molecule has 0 heteroatoms. The topological polar surface area (TPSA) is 0 Å². The quantitative estimate of drug-likeness (QED) is 0.635. The van der Waals surface area contributed by atoms with Crippen molar-refractivity contribution < 1.29 is 0 Å². The van der Waals surface area contributed by atoms with Gasteiger partial charge in [0.05, 0.1) is 0 Å². The van der Waals surface area contributed by atoms with Crippen LogP contribution in [0.3, 0.4) is 0 Å². The molecule has 1 aliphatic rings. The van der Waals surface area contributed by atoms with Gasteiger partial charge in [-0.2, -0.15) is 0 Å². The molecular weight excluding hydrogens is 156 g/mol. The molecule has 0 aliphatic heterocycles. The van der Waals surface area contributed by atoms with Crippen molar-refractivity contribution in [3.8, 4) is 0 Å². The Morgan fingerprint density at radius 3 is 2.54 bits per heavy atom. The summed E-state index contributed by atoms with van der Waals surface area (Å²) < 4.78 is 0. The van der Waals surface area contributed by atoms with Gasteiger partial charge in [-0.15, -0.1) is 0 Å². The molecule has 0 nitrogen and oxygen atoms in total. The van der Waals surface area contributed by atoms with Gasteiger partial charge in [-0.25, -0.2) is 0 Å². The molecule has 1 atom stereocenters. The van der Waals surface area contributed by atoms with E-state index in [0.29, 0.717) is 5.41 Å². The lowest BCUT2D eigenvalue weighted by Gasteiger charge is -2.00. The lowest BCUT2D eigenvalue weighted by atomic mass is 10.1. The Bertz CT molecular complexity index is 321. The van der Waals surface area contributed by atoms with Gasteiger partial charge in [0.25, 0.3) is 0 Å². The van der Waals surface area contributed by atoms with E-state index < -0.39 is 0 Å². The van der Waals surface area contributed by atoms with E-state index >= 15 is 0 Å². The summed E-state index contributed by atoms with van der Waals surface area (Å²) in [5.74, 6) is 0. The fourth-order valence-electron chi connectivity index (χ4n) is 1.70. The molecule has 0 radical (unpaired) electrons. The van der Waals surface area contributed by atoms with Crippen LogP contribution in [0, 0.1) is 5.41 Å². The van der Waals surface area contributed by atoms with Gasteiger partial charge in [-0.1, -0.05) is 55.8 Å². The first-order valence-corrected chi connectivity index (χ1v) is 5.01. The average Bonchev–Trinajstić information content (AvgIpc) is 2.80. The van der Waals surface area contributed by atoms with E-state index in [1.54, 1.807) is 5.57 Å². The van der Waals surface area contributed by atoms with Crippen molar-refractivity contribution in [3.63, 3.8) is 0 Å². The molecule has 0 heterocycles. The zero-order chi connectivity index (χ0) is 9.31. The molecule has 68 valence electrons. The molecule has 1 aromatic carbocycles. The van der Waals surface area contributed by atoms with Gasteiger partial charge in [-0.3, -0.25) is 0 Å². The van der Waals surface area contributed by atoms with Crippen molar-refractivity contribution in [2.45, 2.75) is 26.7 Å². The summed E-state index contributed by atoms with van der Waals surface area (Å²) >= 11 is 0. The standard InChI is InChI=1S/C13H16/c1-3-13(2)10-12(13)9-11-7-5-4-6-8-11/h4-9H,3,10H2,1-2H3/b12-9-/t13-/m1/s1. The molecule has 0 N–H and O–H groups in total. The van der Waals surface area contributed by atoms with Crippen molar-refractivity contribution in [1.82, 2.24) is 0 Å². The zero-order valence-electron chi connectivity index (χ0n) is 8.38. The van der Waals surface area contributed by atoms with E-state index in [9.17, 15) is 0 Å². The second kappa shape index (κ2) is 3.02. The maximum atomic E-state index is 2.35. The molecule has 1 fully saturated rings. The summed E-state index contributed by atoms with van der Waals surface area (Å²) in [4.78, 5) is 0. The highest BCUT2D eigenvalue weighted by molar-refractivity contribution is 5.59. The smallest absolute Gasteiger partial charge is 0.00779 e.